The van der Waals surface area contributed by atoms with Gasteiger partial charge in [0, 0.05) is 37.3 Å². The summed E-state index contributed by atoms with van der Waals surface area (Å²) in [5, 5.41) is 2.18. The Labute approximate surface area is 164 Å². The number of methoxy groups -OCH3 is 1. The van der Waals surface area contributed by atoms with Gasteiger partial charge in [-0.15, -0.1) is 0 Å². The number of rotatable bonds is 3. The summed E-state index contributed by atoms with van der Waals surface area (Å²) in [7, 11) is 1.60. The molecule has 5 nitrogen and oxygen atoms in total. The van der Waals surface area contributed by atoms with Gasteiger partial charge in [-0.1, -0.05) is 30.3 Å². The van der Waals surface area contributed by atoms with Gasteiger partial charge in [0.25, 0.3) is 11.8 Å². The number of hydrogen-bond acceptors (Lipinski definition) is 3. The highest BCUT2D eigenvalue weighted by Crippen LogP contribution is 2.19. The Kier molecular flexibility index (Phi) is 4.98. The lowest BCUT2D eigenvalue weighted by molar-refractivity contribution is 0.0535. The molecule has 1 fully saturated rings. The summed E-state index contributed by atoms with van der Waals surface area (Å²) in [4.78, 5) is 29.2. The maximum Gasteiger partial charge on any atom is 0.253 e. The van der Waals surface area contributed by atoms with E-state index in [1.165, 1.54) is 0 Å². The van der Waals surface area contributed by atoms with Gasteiger partial charge in [-0.2, -0.15) is 0 Å². The minimum absolute atomic E-state index is 0.0135. The quantitative estimate of drug-likeness (QED) is 0.706. The van der Waals surface area contributed by atoms with E-state index in [0.717, 1.165) is 16.5 Å². The zero-order chi connectivity index (χ0) is 19.5. The van der Waals surface area contributed by atoms with E-state index in [9.17, 15) is 9.59 Å². The van der Waals surface area contributed by atoms with Crippen LogP contribution >= 0.6 is 0 Å². The first kappa shape index (κ1) is 18.0. The molecule has 0 atom stereocenters. The van der Waals surface area contributed by atoms with Crippen molar-refractivity contribution < 1.29 is 14.3 Å². The number of ether oxygens (including phenoxy) is 1. The molecule has 142 valence electrons. The van der Waals surface area contributed by atoms with Gasteiger partial charge in [0.2, 0.25) is 0 Å². The van der Waals surface area contributed by atoms with Gasteiger partial charge in [-0.25, -0.2) is 0 Å². The molecule has 0 saturated carbocycles. The van der Waals surface area contributed by atoms with Crippen LogP contribution in [-0.2, 0) is 0 Å². The molecule has 4 rings (SSSR count). The van der Waals surface area contributed by atoms with E-state index < -0.39 is 0 Å². The van der Waals surface area contributed by atoms with Crippen LogP contribution in [0.2, 0.25) is 0 Å². The number of benzene rings is 3. The second kappa shape index (κ2) is 7.72. The van der Waals surface area contributed by atoms with E-state index in [0.29, 0.717) is 37.3 Å². The van der Waals surface area contributed by atoms with Crippen LogP contribution in [0, 0.1) is 0 Å². The minimum Gasteiger partial charge on any atom is -0.497 e. The van der Waals surface area contributed by atoms with Crippen LogP contribution in [0.15, 0.2) is 66.7 Å². The van der Waals surface area contributed by atoms with E-state index in [4.69, 9.17) is 4.74 Å². The molecule has 0 radical (unpaired) electrons. The van der Waals surface area contributed by atoms with Crippen molar-refractivity contribution in [3.63, 3.8) is 0 Å². The normalized spacial score (nSPS) is 14.2. The number of fused-ring (bicyclic) bond motifs is 1. The van der Waals surface area contributed by atoms with Gasteiger partial charge in [0.05, 0.1) is 7.11 Å². The molecule has 0 spiro atoms. The summed E-state index contributed by atoms with van der Waals surface area (Å²) in [5.41, 5.74) is 1.32. The first-order chi connectivity index (χ1) is 13.7. The Bertz CT molecular complexity index is 1010. The molecule has 0 unspecified atom stereocenters. The van der Waals surface area contributed by atoms with Crippen molar-refractivity contribution in [2.24, 2.45) is 0 Å². The van der Waals surface area contributed by atoms with Gasteiger partial charge in [0.1, 0.15) is 5.75 Å². The van der Waals surface area contributed by atoms with E-state index in [2.05, 4.69) is 0 Å². The van der Waals surface area contributed by atoms with Crippen LogP contribution < -0.4 is 4.74 Å². The Morgan fingerprint density at radius 2 is 1.25 bits per heavy atom. The number of hydrogen-bond donors (Lipinski definition) is 0. The average Bonchev–Trinajstić information content (AvgIpc) is 2.78. The van der Waals surface area contributed by atoms with Gasteiger partial charge in [0.15, 0.2) is 0 Å². The Morgan fingerprint density at radius 1 is 0.714 bits per heavy atom. The molecular formula is C23H22N2O3. The highest BCUT2D eigenvalue weighted by molar-refractivity contribution is 5.99. The van der Waals surface area contributed by atoms with E-state index in [1.54, 1.807) is 36.3 Å². The van der Waals surface area contributed by atoms with Gasteiger partial charge in [-0.3, -0.25) is 9.59 Å². The molecule has 0 N–H and O–H groups in total. The molecule has 0 aromatic heterocycles. The van der Waals surface area contributed by atoms with Crippen LogP contribution in [0.1, 0.15) is 20.7 Å². The van der Waals surface area contributed by atoms with Crippen LogP contribution in [-0.4, -0.2) is 54.9 Å². The summed E-state index contributed by atoms with van der Waals surface area (Å²) in [6.07, 6.45) is 0. The van der Waals surface area contributed by atoms with Gasteiger partial charge < -0.3 is 14.5 Å². The van der Waals surface area contributed by atoms with Crippen LogP contribution in [0.3, 0.4) is 0 Å². The molecule has 28 heavy (non-hydrogen) atoms. The lowest BCUT2D eigenvalue weighted by Crippen LogP contribution is -2.50. The Morgan fingerprint density at radius 3 is 1.86 bits per heavy atom. The molecule has 5 heteroatoms. The third-order valence-corrected chi connectivity index (χ3v) is 5.19. The molecule has 2 amide bonds. The molecule has 3 aromatic rings. The molecule has 1 aliphatic rings. The maximum atomic E-state index is 12.9. The van der Waals surface area contributed by atoms with Crippen LogP contribution in [0.4, 0.5) is 0 Å². The highest BCUT2D eigenvalue weighted by atomic mass is 16.5. The topological polar surface area (TPSA) is 49.9 Å². The number of carbonyl (C=O) groups is 2. The fourth-order valence-corrected chi connectivity index (χ4v) is 3.53. The van der Waals surface area contributed by atoms with Crippen molar-refractivity contribution in [1.29, 1.82) is 0 Å². The predicted molar refractivity (Wildman–Crippen MR) is 109 cm³/mol. The fraction of sp³-hybridized carbons (Fsp3) is 0.217. The van der Waals surface area contributed by atoms with Crippen molar-refractivity contribution >= 4 is 22.6 Å². The second-order valence-electron chi connectivity index (χ2n) is 6.87. The largest absolute Gasteiger partial charge is 0.497 e. The summed E-state index contributed by atoms with van der Waals surface area (Å²) >= 11 is 0. The van der Waals surface area contributed by atoms with E-state index in [1.807, 2.05) is 47.4 Å². The first-order valence-corrected chi connectivity index (χ1v) is 9.37. The highest BCUT2D eigenvalue weighted by Gasteiger charge is 2.25. The van der Waals surface area contributed by atoms with Crippen LogP contribution in [0.5, 0.6) is 5.75 Å². The monoisotopic (exact) mass is 374 g/mol. The van der Waals surface area contributed by atoms with Crippen LogP contribution in [0.25, 0.3) is 10.8 Å². The van der Waals surface area contributed by atoms with E-state index >= 15 is 0 Å². The SMILES string of the molecule is COc1ccc(C(=O)N2CCN(C(=O)c3ccc4ccccc4c3)CC2)cc1. The number of piperazine rings is 1. The zero-order valence-electron chi connectivity index (χ0n) is 15.8. The van der Waals surface area contributed by atoms with Gasteiger partial charge >= 0.3 is 0 Å². The molecule has 1 heterocycles. The third kappa shape index (κ3) is 3.56. The summed E-state index contributed by atoms with van der Waals surface area (Å²) < 4.78 is 5.13. The molecular weight excluding hydrogens is 352 g/mol. The standard InChI is InChI=1S/C23H22N2O3/c1-28-21-10-8-18(9-11-21)22(26)24-12-14-25(15-13-24)23(27)20-7-6-17-4-2-3-5-19(17)16-20/h2-11,16H,12-15H2,1H3. The number of carbonyl (C=O) groups excluding carboxylic acids is 2. The summed E-state index contributed by atoms with van der Waals surface area (Å²) in [5.74, 6) is 0.727. The Hall–Kier alpha value is -3.34. The first-order valence-electron chi connectivity index (χ1n) is 9.37. The number of nitrogens with zero attached hydrogens (tertiary/aromatic N) is 2. The second-order valence-corrected chi connectivity index (χ2v) is 6.87. The predicted octanol–water partition coefficient (Wildman–Crippen LogP) is 3.45. The number of amides is 2. The smallest absolute Gasteiger partial charge is 0.253 e. The lowest BCUT2D eigenvalue weighted by Gasteiger charge is -2.35. The average molecular weight is 374 g/mol. The van der Waals surface area contributed by atoms with Crippen molar-refractivity contribution in [3.8, 4) is 5.75 Å². The fourth-order valence-electron chi connectivity index (χ4n) is 3.53. The molecule has 1 aliphatic heterocycles. The molecule has 0 aliphatic carbocycles. The van der Waals surface area contributed by atoms with Crippen molar-refractivity contribution in [3.05, 3.63) is 77.9 Å². The summed E-state index contributed by atoms with van der Waals surface area (Å²) in [6.45, 7) is 2.13. The maximum absolute atomic E-state index is 12.9. The third-order valence-electron chi connectivity index (χ3n) is 5.19. The van der Waals surface area contributed by atoms with E-state index in [-0.39, 0.29) is 11.8 Å². The molecule has 0 bridgehead atoms. The van der Waals surface area contributed by atoms with Crippen molar-refractivity contribution in [2.75, 3.05) is 33.3 Å². The molecule has 3 aromatic carbocycles. The minimum atomic E-state index is -0.0135. The van der Waals surface area contributed by atoms with Crippen molar-refractivity contribution in [1.82, 2.24) is 9.80 Å². The van der Waals surface area contributed by atoms with Crippen molar-refractivity contribution in [2.45, 2.75) is 0 Å². The Balaban J connectivity index is 1.41. The molecule has 1 saturated heterocycles. The van der Waals surface area contributed by atoms with Gasteiger partial charge in [-0.05, 0) is 47.2 Å². The summed E-state index contributed by atoms with van der Waals surface area (Å²) in [6, 6.07) is 20.9. The zero-order valence-corrected chi connectivity index (χ0v) is 15.8. The lowest BCUT2D eigenvalue weighted by atomic mass is 10.1.